The molecule has 0 saturated heterocycles. The fourth-order valence-corrected chi connectivity index (χ4v) is 3.26. The highest BCUT2D eigenvalue weighted by Crippen LogP contribution is 2.18. The van der Waals surface area contributed by atoms with Gasteiger partial charge in [-0.1, -0.05) is 43.1 Å². The quantitative estimate of drug-likeness (QED) is 0.386. The van der Waals surface area contributed by atoms with Gasteiger partial charge in [-0.05, 0) is 46.5 Å². The molecule has 2 heterocycles. The number of hydrogen-bond acceptors (Lipinski definition) is 6. The van der Waals surface area contributed by atoms with Crippen LogP contribution in [-0.2, 0) is 13.0 Å². The van der Waals surface area contributed by atoms with Gasteiger partial charge in [-0.15, -0.1) is 5.10 Å². The molecule has 0 atom stereocenters. The fourth-order valence-electron chi connectivity index (χ4n) is 2.87. The van der Waals surface area contributed by atoms with Crippen LogP contribution in [0.4, 0.5) is 5.82 Å². The number of hydrogen-bond donors (Lipinski definition) is 3. The van der Waals surface area contributed by atoms with Gasteiger partial charge in [0.1, 0.15) is 5.69 Å². The molecule has 0 bridgehead atoms. The summed E-state index contributed by atoms with van der Waals surface area (Å²) in [5, 5.41) is 18.7. The Morgan fingerprint density at radius 1 is 1.20 bits per heavy atom. The number of carbonyl (C=O) groups excluding carboxylic acids is 1. The van der Waals surface area contributed by atoms with Crippen LogP contribution in [0.2, 0.25) is 10.3 Å². The van der Waals surface area contributed by atoms with E-state index >= 15 is 0 Å². The van der Waals surface area contributed by atoms with Crippen LogP contribution < -0.4 is 10.6 Å². The molecule has 2 aromatic heterocycles. The predicted octanol–water partition coefficient (Wildman–Crippen LogP) is 3.33. The van der Waals surface area contributed by atoms with E-state index in [0.717, 1.165) is 30.8 Å². The average Bonchev–Trinajstić information content (AvgIpc) is 3.33. The number of anilines is 1. The SMILES string of the molecule is CCCCNc1nc(Cl)[nH]c1C(=O)NCCCn1nnnc1Cc1ccccc1Cl. The summed E-state index contributed by atoms with van der Waals surface area (Å²) in [5.74, 6) is 0.923. The van der Waals surface area contributed by atoms with Crippen LogP contribution in [0.25, 0.3) is 0 Å². The number of aromatic amines is 1. The first-order chi connectivity index (χ1) is 14.6. The molecule has 30 heavy (non-hydrogen) atoms. The molecule has 3 aromatic rings. The summed E-state index contributed by atoms with van der Waals surface area (Å²) in [4.78, 5) is 19.4. The number of tetrazole rings is 1. The summed E-state index contributed by atoms with van der Waals surface area (Å²) in [5.41, 5.74) is 1.29. The third kappa shape index (κ3) is 5.93. The minimum Gasteiger partial charge on any atom is -0.368 e. The number of nitrogens with one attached hydrogen (secondary N) is 3. The average molecular weight is 451 g/mol. The predicted molar refractivity (Wildman–Crippen MR) is 116 cm³/mol. The summed E-state index contributed by atoms with van der Waals surface area (Å²) in [7, 11) is 0. The fraction of sp³-hybridized carbons (Fsp3) is 0.421. The molecular weight excluding hydrogens is 427 g/mol. The number of halogens is 2. The lowest BCUT2D eigenvalue weighted by Gasteiger charge is -2.08. The Morgan fingerprint density at radius 2 is 2.03 bits per heavy atom. The van der Waals surface area contributed by atoms with Crippen LogP contribution in [-0.4, -0.2) is 49.2 Å². The van der Waals surface area contributed by atoms with E-state index in [4.69, 9.17) is 23.2 Å². The molecule has 9 nitrogen and oxygen atoms in total. The van der Waals surface area contributed by atoms with E-state index in [1.807, 2.05) is 24.3 Å². The highest BCUT2D eigenvalue weighted by Gasteiger charge is 2.16. The maximum absolute atomic E-state index is 12.5. The van der Waals surface area contributed by atoms with E-state index in [0.29, 0.717) is 42.5 Å². The first-order valence-corrected chi connectivity index (χ1v) is 10.6. The zero-order valence-electron chi connectivity index (χ0n) is 16.7. The summed E-state index contributed by atoms with van der Waals surface area (Å²) in [6.07, 6.45) is 3.22. The highest BCUT2D eigenvalue weighted by atomic mass is 35.5. The molecule has 0 aliphatic carbocycles. The summed E-state index contributed by atoms with van der Waals surface area (Å²) in [6, 6.07) is 7.60. The first-order valence-electron chi connectivity index (χ1n) is 9.84. The van der Waals surface area contributed by atoms with E-state index in [9.17, 15) is 4.79 Å². The number of carbonyl (C=O) groups is 1. The van der Waals surface area contributed by atoms with Gasteiger partial charge in [-0.2, -0.15) is 0 Å². The summed E-state index contributed by atoms with van der Waals surface area (Å²) >= 11 is 12.1. The van der Waals surface area contributed by atoms with Crippen molar-refractivity contribution >= 4 is 34.9 Å². The van der Waals surface area contributed by atoms with Crippen LogP contribution >= 0.6 is 23.2 Å². The molecule has 0 aliphatic rings. The van der Waals surface area contributed by atoms with Crippen molar-refractivity contribution in [2.75, 3.05) is 18.4 Å². The smallest absolute Gasteiger partial charge is 0.271 e. The van der Waals surface area contributed by atoms with Crippen molar-refractivity contribution in [3.63, 3.8) is 0 Å². The van der Waals surface area contributed by atoms with E-state index in [1.54, 1.807) is 4.68 Å². The molecule has 160 valence electrons. The molecule has 0 radical (unpaired) electrons. The lowest BCUT2D eigenvalue weighted by atomic mass is 10.1. The Balaban J connectivity index is 1.50. The van der Waals surface area contributed by atoms with Crippen molar-refractivity contribution < 1.29 is 4.79 Å². The van der Waals surface area contributed by atoms with E-state index in [1.165, 1.54) is 0 Å². The lowest BCUT2D eigenvalue weighted by Crippen LogP contribution is -2.27. The normalized spacial score (nSPS) is 10.9. The molecule has 0 saturated carbocycles. The molecule has 11 heteroatoms. The zero-order valence-corrected chi connectivity index (χ0v) is 18.2. The van der Waals surface area contributed by atoms with Crippen molar-refractivity contribution in [2.24, 2.45) is 0 Å². The van der Waals surface area contributed by atoms with Crippen molar-refractivity contribution in [1.82, 2.24) is 35.5 Å². The minimum absolute atomic E-state index is 0.178. The van der Waals surface area contributed by atoms with Crippen molar-refractivity contribution in [3.8, 4) is 0 Å². The van der Waals surface area contributed by atoms with E-state index < -0.39 is 0 Å². The van der Waals surface area contributed by atoms with Gasteiger partial charge >= 0.3 is 0 Å². The number of rotatable bonds is 11. The topological polar surface area (TPSA) is 113 Å². The molecule has 0 spiro atoms. The second-order valence-electron chi connectivity index (χ2n) is 6.73. The Morgan fingerprint density at radius 3 is 2.83 bits per heavy atom. The second-order valence-corrected chi connectivity index (χ2v) is 7.49. The van der Waals surface area contributed by atoms with Gasteiger partial charge in [0.2, 0.25) is 5.28 Å². The number of imidazole rings is 1. The zero-order chi connectivity index (χ0) is 21.3. The highest BCUT2D eigenvalue weighted by molar-refractivity contribution is 6.31. The Labute approximate surface area is 184 Å². The number of amides is 1. The molecule has 0 unspecified atom stereocenters. The number of H-pyrrole nitrogens is 1. The van der Waals surface area contributed by atoms with E-state index in [-0.39, 0.29) is 11.2 Å². The van der Waals surface area contributed by atoms with Crippen molar-refractivity contribution in [2.45, 2.75) is 39.2 Å². The van der Waals surface area contributed by atoms with Gasteiger partial charge in [0.15, 0.2) is 11.6 Å². The molecule has 3 N–H and O–H groups in total. The standard InChI is InChI=1S/C19H24Cl2N8O/c1-2-3-9-22-17-16(24-19(21)25-17)18(30)23-10-6-11-29-15(26-27-28-29)12-13-7-4-5-8-14(13)20/h4-5,7-8,22H,2-3,6,9-12H2,1H3,(H,23,30)(H,24,25). The van der Waals surface area contributed by atoms with Crippen LogP contribution in [0.1, 0.15) is 48.1 Å². The number of unbranched alkanes of at least 4 members (excludes halogenated alkanes) is 1. The Hall–Kier alpha value is -2.65. The maximum atomic E-state index is 12.5. The molecule has 3 rings (SSSR count). The van der Waals surface area contributed by atoms with Crippen LogP contribution in [0.15, 0.2) is 24.3 Å². The van der Waals surface area contributed by atoms with Gasteiger partial charge < -0.3 is 15.6 Å². The van der Waals surface area contributed by atoms with Gasteiger partial charge in [-0.25, -0.2) is 9.67 Å². The molecule has 1 amide bonds. The van der Waals surface area contributed by atoms with Gasteiger partial charge in [-0.3, -0.25) is 4.79 Å². The minimum atomic E-state index is -0.263. The van der Waals surface area contributed by atoms with Gasteiger partial charge in [0, 0.05) is 31.1 Å². The number of benzene rings is 1. The molecule has 0 fully saturated rings. The van der Waals surface area contributed by atoms with Crippen LogP contribution in [0.3, 0.4) is 0 Å². The van der Waals surface area contributed by atoms with Crippen LogP contribution in [0, 0.1) is 0 Å². The molecule has 1 aromatic carbocycles. The first kappa shape index (κ1) is 22.0. The third-order valence-electron chi connectivity index (χ3n) is 4.47. The van der Waals surface area contributed by atoms with Gasteiger partial charge in [0.25, 0.3) is 5.91 Å². The van der Waals surface area contributed by atoms with Crippen LogP contribution in [0.5, 0.6) is 0 Å². The number of aryl methyl sites for hydroxylation is 1. The van der Waals surface area contributed by atoms with Crippen molar-refractivity contribution in [1.29, 1.82) is 0 Å². The molecular formula is C19H24Cl2N8O. The number of nitrogens with zero attached hydrogens (tertiary/aromatic N) is 5. The van der Waals surface area contributed by atoms with E-state index in [2.05, 4.69) is 43.1 Å². The number of aromatic nitrogens is 6. The monoisotopic (exact) mass is 450 g/mol. The van der Waals surface area contributed by atoms with Gasteiger partial charge in [0.05, 0.1) is 0 Å². The Bertz CT molecular complexity index is 971. The summed E-state index contributed by atoms with van der Waals surface area (Å²) in [6.45, 7) is 3.84. The maximum Gasteiger partial charge on any atom is 0.271 e. The van der Waals surface area contributed by atoms with Crippen molar-refractivity contribution in [3.05, 3.63) is 51.7 Å². The second kappa shape index (κ2) is 10.9. The summed E-state index contributed by atoms with van der Waals surface area (Å²) < 4.78 is 1.72. The molecule has 0 aliphatic heterocycles. The third-order valence-corrected chi connectivity index (χ3v) is 5.02. The lowest BCUT2D eigenvalue weighted by molar-refractivity contribution is 0.0949. The largest absolute Gasteiger partial charge is 0.368 e. The Kier molecular flexibility index (Phi) is 8.04.